The quantitative estimate of drug-likeness (QED) is 0.202. The first kappa shape index (κ1) is 34.2. The highest BCUT2D eigenvalue weighted by Gasteiger charge is 2.57. The van der Waals surface area contributed by atoms with Crippen molar-refractivity contribution in [3.63, 3.8) is 0 Å². The summed E-state index contributed by atoms with van der Waals surface area (Å²) in [5.41, 5.74) is 3.25. The lowest BCUT2D eigenvalue weighted by atomic mass is 9.60. The van der Waals surface area contributed by atoms with E-state index in [1.807, 2.05) is 6.20 Å². The number of allylic oxidation sites excluding steroid dienone is 3. The molecule has 0 radical (unpaired) electrons. The van der Waals surface area contributed by atoms with E-state index in [9.17, 15) is 15.0 Å². The SMILES string of the molecule is C=C1/C(=C\C=C2/CCC[C@]3(C)[C@@H]([C@H](C)CC[C@H](OC(=O)CCCC)C4(c5ncc(CCCC)o5)CC4)CC[C@@H]23)C[C@@H](O)C[C@@H]1O. The van der Waals surface area contributed by atoms with Gasteiger partial charge in [-0.25, -0.2) is 4.98 Å². The molecule has 45 heavy (non-hydrogen) atoms. The van der Waals surface area contributed by atoms with E-state index < -0.39 is 12.2 Å². The van der Waals surface area contributed by atoms with E-state index in [1.165, 1.54) is 31.3 Å². The fourth-order valence-corrected chi connectivity index (χ4v) is 9.09. The first-order valence-corrected chi connectivity index (χ1v) is 18.2. The monoisotopic (exact) mass is 621 g/mol. The largest absolute Gasteiger partial charge is 0.461 e. The van der Waals surface area contributed by atoms with Crippen LogP contribution in [0.1, 0.15) is 142 Å². The van der Waals surface area contributed by atoms with Crippen molar-refractivity contribution >= 4 is 5.97 Å². The van der Waals surface area contributed by atoms with E-state index in [0.717, 1.165) is 87.0 Å². The molecule has 4 saturated carbocycles. The summed E-state index contributed by atoms with van der Waals surface area (Å²) >= 11 is 0. The zero-order valence-electron chi connectivity index (χ0n) is 28.5. The zero-order valence-corrected chi connectivity index (χ0v) is 28.5. The molecule has 0 aliphatic heterocycles. The Bertz CT molecular complexity index is 1240. The van der Waals surface area contributed by atoms with Crippen LogP contribution in [0.5, 0.6) is 0 Å². The summed E-state index contributed by atoms with van der Waals surface area (Å²) in [6.45, 7) is 13.4. The van der Waals surface area contributed by atoms with Gasteiger partial charge < -0.3 is 19.4 Å². The first-order valence-electron chi connectivity index (χ1n) is 18.2. The third-order valence-corrected chi connectivity index (χ3v) is 12.0. The number of rotatable bonds is 14. The summed E-state index contributed by atoms with van der Waals surface area (Å²) in [5.74, 6) is 3.36. The normalized spacial score (nSPS) is 32.4. The molecule has 6 nitrogen and oxygen atoms in total. The second-order valence-corrected chi connectivity index (χ2v) is 15.2. The van der Waals surface area contributed by atoms with Crippen LogP contribution in [0.4, 0.5) is 0 Å². The topological polar surface area (TPSA) is 92.8 Å². The fraction of sp³-hybridized carbons (Fsp3) is 0.744. The molecular formula is C39H59NO5. The van der Waals surface area contributed by atoms with Gasteiger partial charge in [0.15, 0.2) is 0 Å². The van der Waals surface area contributed by atoms with E-state index in [4.69, 9.17) is 14.1 Å². The Kier molecular flexibility index (Phi) is 11.2. The summed E-state index contributed by atoms with van der Waals surface area (Å²) in [5, 5.41) is 20.5. The Morgan fingerprint density at radius 1 is 1.16 bits per heavy atom. The lowest BCUT2D eigenvalue weighted by molar-refractivity contribution is -0.152. The highest BCUT2D eigenvalue weighted by Crippen LogP contribution is 2.60. The van der Waals surface area contributed by atoms with Gasteiger partial charge >= 0.3 is 5.97 Å². The maximum atomic E-state index is 13.0. The van der Waals surface area contributed by atoms with Crippen LogP contribution in [0.15, 0.2) is 46.1 Å². The van der Waals surface area contributed by atoms with Crippen LogP contribution in [-0.2, 0) is 21.4 Å². The van der Waals surface area contributed by atoms with E-state index in [0.29, 0.717) is 37.0 Å². The lowest BCUT2D eigenvalue weighted by Gasteiger charge is -2.44. The van der Waals surface area contributed by atoms with Crippen LogP contribution < -0.4 is 0 Å². The van der Waals surface area contributed by atoms with Crippen LogP contribution in [0, 0.1) is 23.2 Å². The number of carbonyl (C=O) groups excluding carboxylic acids is 1. The Labute approximate surface area is 271 Å². The molecule has 4 aliphatic rings. The summed E-state index contributed by atoms with van der Waals surface area (Å²) in [4.78, 5) is 17.7. The van der Waals surface area contributed by atoms with Crippen molar-refractivity contribution in [1.29, 1.82) is 0 Å². The maximum absolute atomic E-state index is 13.0. The van der Waals surface area contributed by atoms with Crippen molar-refractivity contribution in [2.75, 3.05) is 0 Å². The Morgan fingerprint density at radius 2 is 1.93 bits per heavy atom. The first-order chi connectivity index (χ1) is 21.6. The average Bonchev–Trinajstić information content (AvgIpc) is 3.53. The number of unbranched alkanes of at least 4 members (excludes halogenated alkanes) is 2. The number of hydrogen-bond donors (Lipinski definition) is 2. The van der Waals surface area contributed by atoms with Crippen molar-refractivity contribution in [2.45, 2.75) is 161 Å². The minimum absolute atomic E-state index is 0.0803. The van der Waals surface area contributed by atoms with Gasteiger partial charge in [0, 0.05) is 19.3 Å². The molecule has 6 heteroatoms. The summed E-state index contributed by atoms with van der Waals surface area (Å²) in [7, 11) is 0. The molecule has 0 amide bonds. The average molecular weight is 622 g/mol. The molecule has 0 saturated heterocycles. The number of aromatic nitrogens is 1. The molecule has 2 N–H and O–H groups in total. The summed E-state index contributed by atoms with van der Waals surface area (Å²) < 4.78 is 12.6. The van der Waals surface area contributed by atoms with Gasteiger partial charge in [-0.2, -0.15) is 0 Å². The van der Waals surface area contributed by atoms with Gasteiger partial charge in [0.1, 0.15) is 11.9 Å². The molecule has 1 aromatic heterocycles. The number of oxazole rings is 1. The van der Waals surface area contributed by atoms with Gasteiger partial charge in [-0.05, 0) is 111 Å². The highest BCUT2D eigenvalue weighted by molar-refractivity contribution is 5.69. The van der Waals surface area contributed by atoms with E-state index in [-0.39, 0.29) is 22.9 Å². The van der Waals surface area contributed by atoms with Gasteiger partial charge in [-0.1, -0.05) is 64.8 Å². The minimum atomic E-state index is -0.650. The zero-order chi connectivity index (χ0) is 32.2. The molecule has 7 atom stereocenters. The molecule has 0 aromatic carbocycles. The molecule has 5 rings (SSSR count). The number of ether oxygens (including phenoxy) is 1. The van der Waals surface area contributed by atoms with E-state index in [2.05, 4.69) is 46.4 Å². The molecular weight excluding hydrogens is 562 g/mol. The molecule has 1 aromatic rings. The van der Waals surface area contributed by atoms with E-state index >= 15 is 0 Å². The van der Waals surface area contributed by atoms with Gasteiger partial charge in [-0.15, -0.1) is 0 Å². The van der Waals surface area contributed by atoms with Crippen molar-refractivity contribution in [2.24, 2.45) is 23.2 Å². The van der Waals surface area contributed by atoms with Crippen LogP contribution >= 0.6 is 0 Å². The smallest absolute Gasteiger partial charge is 0.306 e. The molecule has 4 fully saturated rings. The molecule has 0 unspecified atom stereocenters. The molecule has 250 valence electrons. The number of aryl methyl sites for hydroxylation is 1. The predicted octanol–water partition coefficient (Wildman–Crippen LogP) is 8.71. The number of carbonyl (C=O) groups is 1. The summed E-state index contributed by atoms with van der Waals surface area (Å²) in [6, 6.07) is 0. The van der Waals surface area contributed by atoms with Crippen molar-refractivity contribution in [3.8, 4) is 0 Å². The number of esters is 1. The fourth-order valence-electron chi connectivity index (χ4n) is 9.09. The van der Waals surface area contributed by atoms with Crippen LogP contribution in [0.2, 0.25) is 0 Å². The number of hydrogen-bond acceptors (Lipinski definition) is 6. The second kappa shape index (κ2) is 14.7. The van der Waals surface area contributed by atoms with Gasteiger partial charge in [0.25, 0.3) is 0 Å². The van der Waals surface area contributed by atoms with Crippen LogP contribution in [-0.4, -0.2) is 39.5 Å². The minimum Gasteiger partial charge on any atom is -0.461 e. The van der Waals surface area contributed by atoms with Gasteiger partial charge in [0.05, 0.1) is 23.8 Å². The van der Waals surface area contributed by atoms with E-state index in [1.54, 1.807) is 0 Å². The maximum Gasteiger partial charge on any atom is 0.306 e. The second-order valence-electron chi connectivity index (χ2n) is 15.2. The molecule has 4 aliphatic carbocycles. The Balaban J connectivity index is 1.28. The van der Waals surface area contributed by atoms with Crippen molar-refractivity contribution in [1.82, 2.24) is 4.98 Å². The number of nitrogens with zero attached hydrogens (tertiary/aromatic N) is 1. The van der Waals surface area contributed by atoms with Gasteiger partial charge in [0.2, 0.25) is 5.89 Å². The molecule has 0 spiro atoms. The third-order valence-electron chi connectivity index (χ3n) is 12.0. The van der Waals surface area contributed by atoms with Crippen LogP contribution in [0.3, 0.4) is 0 Å². The van der Waals surface area contributed by atoms with Crippen molar-refractivity contribution in [3.05, 3.63) is 53.3 Å². The number of aliphatic hydroxyl groups is 2. The third kappa shape index (κ3) is 7.53. The van der Waals surface area contributed by atoms with Crippen LogP contribution in [0.25, 0.3) is 0 Å². The lowest BCUT2D eigenvalue weighted by Crippen LogP contribution is -2.37. The van der Waals surface area contributed by atoms with Gasteiger partial charge in [-0.3, -0.25) is 4.79 Å². The Hall–Kier alpha value is -2.18. The molecule has 1 heterocycles. The predicted molar refractivity (Wildman–Crippen MR) is 179 cm³/mol. The van der Waals surface area contributed by atoms with Crippen molar-refractivity contribution < 1.29 is 24.2 Å². The summed E-state index contributed by atoms with van der Waals surface area (Å²) in [6.07, 6.45) is 21.2. The standard InChI is InChI=1S/C39H59NO5/c1-6-8-12-31-25-40-37(44-31)39(21-22-39)35(45-36(43)13-9-7-2)19-14-26(3)32-17-18-33-28(11-10-20-38(32,33)5)15-16-29-23-30(41)24-34(42)27(29)4/h15-16,25-26,30,32-35,41-42H,4,6-14,17-24H2,1-3,5H3/b28-15+,29-16-/t26-,30-,32-,33+,34+,35+,38-/m1/s1. The molecule has 0 bridgehead atoms. The number of aliphatic hydroxyl groups excluding tert-OH is 2. The Morgan fingerprint density at radius 3 is 2.67 bits per heavy atom. The number of fused-ring (bicyclic) bond motifs is 1. The highest BCUT2D eigenvalue weighted by atomic mass is 16.5.